The maximum Gasteiger partial charge on any atom is 0.180 e. The van der Waals surface area contributed by atoms with E-state index >= 15 is 0 Å². The van der Waals surface area contributed by atoms with Gasteiger partial charge in [-0.3, -0.25) is 0 Å². The zero-order chi connectivity index (χ0) is 23.0. The number of halogens is 3. The van der Waals surface area contributed by atoms with Crippen molar-refractivity contribution in [3.05, 3.63) is 39.6 Å². The number of anilines is 1. The summed E-state index contributed by atoms with van der Waals surface area (Å²) in [5.41, 5.74) is 5.99. The first-order chi connectivity index (χ1) is 15.3. The van der Waals surface area contributed by atoms with Crippen LogP contribution in [0.25, 0.3) is 11.4 Å². The Morgan fingerprint density at radius 3 is 2.66 bits per heavy atom. The van der Waals surface area contributed by atoms with E-state index in [1.807, 2.05) is 0 Å². The number of thioether (sulfide) groups is 1. The predicted molar refractivity (Wildman–Crippen MR) is 119 cm³/mol. The highest BCUT2D eigenvalue weighted by atomic mass is 35.5. The number of thiazole rings is 1. The molecule has 9 nitrogen and oxygen atoms in total. The molecule has 3 heterocycles. The van der Waals surface area contributed by atoms with Gasteiger partial charge in [-0.05, 0) is 12.1 Å². The van der Waals surface area contributed by atoms with Gasteiger partial charge in [0.05, 0.1) is 22.8 Å². The number of ether oxygens (including phenoxy) is 2. The van der Waals surface area contributed by atoms with Gasteiger partial charge in [0.25, 0.3) is 0 Å². The molecule has 172 valence electrons. The number of hydrogen-bond donors (Lipinski definition) is 3. The van der Waals surface area contributed by atoms with Crippen LogP contribution in [-0.4, -0.2) is 67.7 Å². The number of benzene rings is 1. The average Bonchev–Trinajstić information content (AvgIpc) is 3.41. The lowest BCUT2D eigenvalue weighted by molar-refractivity contribution is -0.186. The molecule has 3 aromatic rings. The molecule has 0 radical (unpaired) electrons. The Labute approximate surface area is 200 Å². The lowest BCUT2D eigenvalue weighted by atomic mass is 9.97. The highest BCUT2D eigenvalue weighted by molar-refractivity contribution is 7.99. The first kappa shape index (κ1) is 23.6. The van der Waals surface area contributed by atoms with Gasteiger partial charge in [-0.1, -0.05) is 40.2 Å². The predicted octanol–water partition coefficient (Wildman–Crippen LogP) is 2.86. The second kappa shape index (κ2) is 9.77. The van der Waals surface area contributed by atoms with Gasteiger partial charge in [0, 0.05) is 17.4 Å². The van der Waals surface area contributed by atoms with Crippen LogP contribution in [0.1, 0.15) is 6.04 Å². The van der Waals surface area contributed by atoms with Gasteiger partial charge < -0.3 is 25.4 Å². The van der Waals surface area contributed by atoms with Crippen LogP contribution in [0.2, 0.25) is 10.0 Å². The smallest absolute Gasteiger partial charge is 0.180 e. The first-order valence-corrected chi connectivity index (χ1v) is 11.8. The summed E-state index contributed by atoms with van der Waals surface area (Å²) in [6, 6.07) is 2.07. The van der Waals surface area contributed by atoms with Crippen molar-refractivity contribution in [2.24, 2.45) is 0 Å². The van der Waals surface area contributed by atoms with Crippen LogP contribution in [0.3, 0.4) is 0 Å². The molecule has 0 bridgehead atoms. The number of aliphatic hydroxyl groups is 2. The summed E-state index contributed by atoms with van der Waals surface area (Å²) < 4.78 is 26.8. The number of nitrogens with zero attached hydrogens (tertiary/aromatic N) is 4. The van der Waals surface area contributed by atoms with Crippen LogP contribution in [0.4, 0.5) is 9.52 Å². The van der Waals surface area contributed by atoms with Crippen LogP contribution < -0.4 is 5.73 Å². The molecular formula is C18H18Cl2FN5O4S2. The van der Waals surface area contributed by atoms with Crippen molar-refractivity contribution in [3.8, 4) is 11.4 Å². The fourth-order valence-corrected chi connectivity index (χ4v) is 5.81. The van der Waals surface area contributed by atoms with E-state index in [2.05, 4.69) is 15.3 Å². The molecule has 1 fully saturated rings. The number of hydrogen-bond acceptors (Lipinski definition) is 10. The van der Waals surface area contributed by atoms with Crippen LogP contribution >= 0.6 is 46.3 Å². The molecule has 0 saturated carbocycles. The van der Waals surface area contributed by atoms with E-state index in [4.69, 9.17) is 38.4 Å². The van der Waals surface area contributed by atoms with E-state index in [9.17, 15) is 14.6 Å². The summed E-state index contributed by atoms with van der Waals surface area (Å²) in [7, 11) is 1.46. The third kappa shape index (κ3) is 4.59. The molecule has 4 unspecified atom stereocenters. The molecule has 0 aliphatic carbocycles. The number of nitrogen functional groups attached to an aromatic ring is 1. The molecule has 2 aromatic heterocycles. The van der Waals surface area contributed by atoms with Crippen molar-refractivity contribution >= 4 is 51.4 Å². The standard InChI is InChI=1S/C18H18Cl2FN5O4S2/c1-29-16-14(26-4-10(24-25-26)11-6-31-18(22)23-11)15(28)12(5-27)30-17(16)32-7-2-8(19)13(21)9(20)3-7/h2-4,6,12,14-17,27-28H,5H2,1H3,(H2,22,23)/t12?,14?,15?,16-,17?/m0/s1. The van der Waals surface area contributed by atoms with Gasteiger partial charge in [0.1, 0.15) is 41.2 Å². The highest BCUT2D eigenvalue weighted by Crippen LogP contribution is 2.41. The van der Waals surface area contributed by atoms with E-state index in [0.717, 1.165) is 0 Å². The quantitative estimate of drug-likeness (QED) is 0.419. The number of nitrogens with two attached hydrogens (primary N) is 1. The molecule has 1 aliphatic heterocycles. The Morgan fingerprint density at radius 1 is 1.34 bits per heavy atom. The molecule has 0 amide bonds. The van der Waals surface area contributed by atoms with Crippen LogP contribution in [0.15, 0.2) is 28.6 Å². The van der Waals surface area contributed by atoms with Crippen molar-refractivity contribution < 1.29 is 24.1 Å². The second-order valence-electron chi connectivity index (χ2n) is 6.88. The molecule has 0 spiro atoms. The van der Waals surface area contributed by atoms with Gasteiger partial charge in [0.2, 0.25) is 0 Å². The third-order valence-electron chi connectivity index (χ3n) is 4.91. The maximum absolute atomic E-state index is 13.8. The Hall–Kier alpha value is -1.51. The van der Waals surface area contributed by atoms with Crippen LogP contribution in [0.5, 0.6) is 0 Å². The van der Waals surface area contributed by atoms with Crippen molar-refractivity contribution in [3.63, 3.8) is 0 Å². The Morgan fingerprint density at radius 2 is 2.06 bits per heavy atom. The minimum Gasteiger partial charge on any atom is -0.394 e. The summed E-state index contributed by atoms with van der Waals surface area (Å²) >= 11 is 14.3. The Kier molecular flexibility index (Phi) is 7.22. The van der Waals surface area contributed by atoms with Crippen molar-refractivity contribution in [1.82, 2.24) is 20.0 Å². The van der Waals surface area contributed by atoms with Gasteiger partial charge in [0.15, 0.2) is 10.9 Å². The summed E-state index contributed by atoms with van der Waals surface area (Å²) in [4.78, 5) is 4.71. The van der Waals surface area contributed by atoms with Crippen molar-refractivity contribution in [1.29, 1.82) is 0 Å². The Bertz CT molecular complexity index is 1080. The molecule has 1 aromatic carbocycles. The average molecular weight is 522 g/mol. The van der Waals surface area contributed by atoms with Gasteiger partial charge >= 0.3 is 0 Å². The molecule has 4 rings (SSSR count). The van der Waals surface area contributed by atoms with E-state index in [0.29, 0.717) is 21.4 Å². The highest BCUT2D eigenvalue weighted by Gasteiger charge is 2.47. The number of rotatable bonds is 6. The number of methoxy groups -OCH3 is 1. The van der Waals surface area contributed by atoms with Gasteiger partial charge in [-0.25, -0.2) is 14.1 Å². The van der Waals surface area contributed by atoms with E-state index in [1.165, 1.54) is 47.0 Å². The molecule has 1 saturated heterocycles. The third-order valence-corrected chi connectivity index (χ3v) is 7.25. The first-order valence-electron chi connectivity index (χ1n) is 9.24. The molecule has 1 aliphatic rings. The Balaban J connectivity index is 1.66. The molecular weight excluding hydrogens is 504 g/mol. The van der Waals surface area contributed by atoms with Crippen molar-refractivity contribution in [2.75, 3.05) is 19.5 Å². The van der Waals surface area contributed by atoms with Gasteiger partial charge in [-0.2, -0.15) is 0 Å². The fourth-order valence-electron chi connectivity index (χ4n) is 3.39. The lowest BCUT2D eigenvalue weighted by Gasteiger charge is -2.43. The van der Waals surface area contributed by atoms with E-state index < -0.39 is 42.2 Å². The SMILES string of the molecule is CO[C@@H]1C(Sc2cc(Cl)c(F)c(Cl)c2)OC(CO)C(O)C1n1cc(-c2csc(N)n2)nn1. The second-order valence-corrected chi connectivity index (χ2v) is 9.76. The minimum atomic E-state index is -1.16. The van der Waals surface area contributed by atoms with Crippen LogP contribution in [-0.2, 0) is 9.47 Å². The summed E-state index contributed by atoms with van der Waals surface area (Å²) in [6.07, 6.45) is -1.20. The zero-order valence-electron chi connectivity index (χ0n) is 16.4. The molecule has 14 heteroatoms. The summed E-state index contributed by atoms with van der Waals surface area (Å²) in [5.74, 6) is -0.718. The fraction of sp³-hybridized carbons (Fsp3) is 0.389. The number of aliphatic hydroxyl groups excluding tert-OH is 2. The van der Waals surface area contributed by atoms with Crippen molar-refractivity contribution in [2.45, 2.75) is 34.7 Å². The molecule has 32 heavy (non-hydrogen) atoms. The summed E-state index contributed by atoms with van der Waals surface area (Å²) in [5, 5.41) is 30.8. The topological polar surface area (TPSA) is 129 Å². The van der Waals surface area contributed by atoms with E-state index in [1.54, 1.807) is 11.6 Å². The van der Waals surface area contributed by atoms with E-state index in [-0.39, 0.29) is 10.0 Å². The monoisotopic (exact) mass is 521 g/mol. The number of aromatic nitrogens is 4. The summed E-state index contributed by atoms with van der Waals surface area (Å²) in [6.45, 7) is -0.444. The van der Waals surface area contributed by atoms with Gasteiger partial charge in [-0.15, -0.1) is 16.4 Å². The lowest BCUT2D eigenvalue weighted by Crippen LogP contribution is -2.55. The zero-order valence-corrected chi connectivity index (χ0v) is 19.6. The molecule has 4 N–H and O–H groups in total. The van der Waals surface area contributed by atoms with Crippen LogP contribution in [0, 0.1) is 5.82 Å². The maximum atomic E-state index is 13.8. The largest absolute Gasteiger partial charge is 0.394 e. The normalized spacial score (nSPS) is 25.9. The molecule has 5 atom stereocenters. The minimum absolute atomic E-state index is 0.136.